The van der Waals surface area contributed by atoms with Crippen LogP contribution in [-0.2, 0) is 0 Å². The summed E-state index contributed by atoms with van der Waals surface area (Å²) in [7, 11) is 0. The number of halogens is 5. The summed E-state index contributed by atoms with van der Waals surface area (Å²) >= 11 is 0. The second-order valence-corrected chi connectivity index (χ2v) is 1.95. The third-order valence-electron chi connectivity index (χ3n) is 0.885. The van der Waals surface area contributed by atoms with Crippen molar-refractivity contribution in [3.05, 3.63) is 29.8 Å². The summed E-state index contributed by atoms with van der Waals surface area (Å²) in [6.07, 6.45) is 0. The molecule has 0 fully saturated rings. The topological polar surface area (TPSA) is 26.0 Å². The number of rotatable bonds is 0. The van der Waals surface area contributed by atoms with E-state index in [9.17, 15) is 22.0 Å². The molecule has 0 bridgehead atoms. The molecule has 1 rings (SSSR count). The van der Waals surface area contributed by atoms with Gasteiger partial charge in [0.25, 0.3) is 0 Å². The highest BCUT2D eigenvalue weighted by Crippen LogP contribution is 2.07. The van der Waals surface area contributed by atoms with E-state index in [1.807, 2.05) is 0 Å². The molecular weight excluding hydrogens is 193 g/mol. The molecule has 2 N–H and O–H groups in total. The van der Waals surface area contributed by atoms with Crippen LogP contribution in [0, 0.1) is 11.6 Å². The van der Waals surface area contributed by atoms with E-state index < -0.39 is 18.3 Å². The van der Waals surface area contributed by atoms with Gasteiger partial charge in [-0.3, -0.25) is 0 Å². The molecule has 74 valence electrons. The van der Waals surface area contributed by atoms with Crippen LogP contribution in [-0.4, -0.2) is 6.68 Å². The van der Waals surface area contributed by atoms with Crippen molar-refractivity contribution in [3.63, 3.8) is 0 Å². The molecule has 0 radical (unpaired) electrons. The number of hydrogen-bond donors (Lipinski definition) is 1. The molecule has 0 saturated carbocycles. The number of nitrogen functional groups attached to an aromatic ring is 1. The minimum absolute atomic E-state index is 0.104. The SMILES string of the molecule is FC(F)F.Nc1cc(F)cc(F)c1. The fourth-order valence-electron chi connectivity index (χ4n) is 0.575. The Morgan fingerprint density at radius 2 is 1.23 bits per heavy atom. The van der Waals surface area contributed by atoms with Crippen molar-refractivity contribution in [2.45, 2.75) is 6.68 Å². The average Bonchev–Trinajstić information content (AvgIpc) is 1.80. The number of hydrogen-bond acceptors (Lipinski definition) is 1. The first-order valence-electron chi connectivity index (χ1n) is 3.05. The summed E-state index contributed by atoms with van der Waals surface area (Å²) in [4.78, 5) is 0. The molecule has 0 unspecified atom stereocenters. The molecule has 0 heterocycles. The Bertz CT molecular complexity index is 210. The monoisotopic (exact) mass is 199 g/mol. The van der Waals surface area contributed by atoms with Gasteiger partial charge in [0.1, 0.15) is 11.6 Å². The second kappa shape index (κ2) is 5.34. The predicted octanol–water partition coefficient (Wildman–Crippen LogP) is 2.73. The van der Waals surface area contributed by atoms with E-state index in [-0.39, 0.29) is 5.69 Å². The summed E-state index contributed by atoms with van der Waals surface area (Å²) in [5.74, 6) is -1.29. The number of anilines is 1. The van der Waals surface area contributed by atoms with E-state index in [2.05, 4.69) is 0 Å². The molecule has 1 nitrogen and oxygen atoms in total. The first kappa shape index (κ1) is 11.7. The van der Waals surface area contributed by atoms with Crippen molar-refractivity contribution in [1.29, 1.82) is 0 Å². The summed E-state index contributed by atoms with van der Waals surface area (Å²) < 4.78 is 53.2. The molecule has 0 aromatic heterocycles. The zero-order chi connectivity index (χ0) is 10.4. The fraction of sp³-hybridized carbons (Fsp3) is 0.143. The molecule has 1 aromatic carbocycles. The van der Waals surface area contributed by atoms with E-state index in [1.165, 1.54) is 0 Å². The molecule has 0 aliphatic carbocycles. The van der Waals surface area contributed by atoms with Crippen molar-refractivity contribution in [1.82, 2.24) is 0 Å². The molecule has 0 aliphatic heterocycles. The van der Waals surface area contributed by atoms with Crippen LogP contribution < -0.4 is 5.73 Å². The highest BCUT2D eigenvalue weighted by atomic mass is 19.4. The van der Waals surface area contributed by atoms with Gasteiger partial charge in [0.05, 0.1) is 0 Å². The standard InChI is InChI=1S/C6H5F2N.CHF3/c7-4-1-5(8)3-6(9)2-4;2-1(3)4/h1-3H,9H2;1H. The number of nitrogens with two attached hydrogens (primary N) is 1. The van der Waals surface area contributed by atoms with Crippen molar-refractivity contribution in [3.8, 4) is 0 Å². The molecule has 0 atom stereocenters. The smallest absolute Gasteiger partial charge is 0.379 e. The Kier molecular flexibility index (Phi) is 4.79. The third kappa shape index (κ3) is 7.04. The van der Waals surface area contributed by atoms with Crippen LogP contribution in [0.1, 0.15) is 0 Å². The summed E-state index contributed by atoms with van der Waals surface area (Å²) in [6.45, 7) is -3.67. The van der Waals surface area contributed by atoms with Crippen molar-refractivity contribution >= 4 is 5.69 Å². The Hall–Kier alpha value is -1.33. The highest BCUT2D eigenvalue weighted by Gasteiger charge is 1.94. The average molecular weight is 199 g/mol. The van der Waals surface area contributed by atoms with Gasteiger partial charge >= 0.3 is 6.68 Å². The van der Waals surface area contributed by atoms with Crippen LogP contribution in [0.15, 0.2) is 18.2 Å². The maximum atomic E-state index is 12.1. The third-order valence-corrected chi connectivity index (χ3v) is 0.885. The van der Waals surface area contributed by atoms with Crippen molar-refractivity contribution in [2.24, 2.45) is 0 Å². The lowest BCUT2D eigenvalue weighted by Gasteiger charge is -1.91. The Labute approximate surface area is 71.0 Å². The summed E-state index contributed by atoms with van der Waals surface area (Å²) in [5, 5.41) is 0. The van der Waals surface area contributed by atoms with Gasteiger partial charge in [0.2, 0.25) is 0 Å². The predicted molar refractivity (Wildman–Crippen MR) is 37.9 cm³/mol. The van der Waals surface area contributed by atoms with Gasteiger partial charge in [0.15, 0.2) is 0 Å². The first-order valence-corrected chi connectivity index (χ1v) is 3.05. The summed E-state index contributed by atoms with van der Waals surface area (Å²) in [6, 6.07) is 2.89. The minimum atomic E-state index is -3.67. The molecular formula is C7H6F5N. The van der Waals surface area contributed by atoms with Crippen LogP contribution in [0.2, 0.25) is 0 Å². The lowest BCUT2D eigenvalue weighted by atomic mass is 10.3. The van der Waals surface area contributed by atoms with E-state index in [4.69, 9.17) is 5.73 Å². The Morgan fingerprint density at radius 1 is 0.923 bits per heavy atom. The zero-order valence-corrected chi connectivity index (χ0v) is 6.28. The van der Waals surface area contributed by atoms with Gasteiger partial charge in [-0.05, 0) is 12.1 Å². The van der Waals surface area contributed by atoms with Gasteiger partial charge in [-0.25, -0.2) is 8.78 Å². The Balaban J connectivity index is 0.000000310. The molecule has 0 spiro atoms. The lowest BCUT2D eigenvalue weighted by Crippen LogP contribution is -1.87. The molecule has 13 heavy (non-hydrogen) atoms. The van der Waals surface area contributed by atoms with Crippen LogP contribution >= 0.6 is 0 Å². The normalized spacial score (nSPS) is 9.38. The van der Waals surface area contributed by atoms with Crippen molar-refractivity contribution in [2.75, 3.05) is 5.73 Å². The number of alkyl halides is 3. The van der Waals surface area contributed by atoms with Gasteiger partial charge in [-0.1, -0.05) is 0 Å². The van der Waals surface area contributed by atoms with Crippen LogP contribution in [0.25, 0.3) is 0 Å². The van der Waals surface area contributed by atoms with Crippen LogP contribution in [0.3, 0.4) is 0 Å². The lowest BCUT2D eigenvalue weighted by molar-refractivity contribution is 0.00819. The van der Waals surface area contributed by atoms with E-state index in [0.29, 0.717) is 0 Å². The molecule has 6 heteroatoms. The molecule has 0 amide bonds. The quantitative estimate of drug-likeness (QED) is 0.504. The zero-order valence-electron chi connectivity index (χ0n) is 6.28. The van der Waals surface area contributed by atoms with E-state index >= 15 is 0 Å². The van der Waals surface area contributed by atoms with Gasteiger partial charge < -0.3 is 5.73 Å². The van der Waals surface area contributed by atoms with E-state index in [1.54, 1.807) is 0 Å². The maximum absolute atomic E-state index is 12.1. The highest BCUT2D eigenvalue weighted by molar-refractivity contribution is 5.37. The minimum Gasteiger partial charge on any atom is -0.399 e. The second-order valence-electron chi connectivity index (χ2n) is 1.95. The molecule has 1 aromatic rings. The Morgan fingerprint density at radius 3 is 1.46 bits per heavy atom. The molecule has 0 saturated heterocycles. The van der Waals surface area contributed by atoms with Crippen molar-refractivity contribution < 1.29 is 22.0 Å². The van der Waals surface area contributed by atoms with Gasteiger partial charge in [0, 0.05) is 11.8 Å². The summed E-state index contributed by atoms with van der Waals surface area (Å²) in [5.41, 5.74) is 5.18. The largest absolute Gasteiger partial charge is 0.399 e. The van der Waals surface area contributed by atoms with Gasteiger partial charge in [-0.2, -0.15) is 13.2 Å². The van der Waals surface area contributed by atoms with Crippen LogP contribution in [0.4, 0.5) is 27.6 Å². The first-order chi connectivity index (χ1) is 5.91. The number of benzene rings is 1. The van der Waals surface area contributed by atoms with Gasteiger partial charge in [-0.15, -0.1) is 0 Å². The van der Waals surface area contributed by atoms with Crippen LogP contribution in [0.5, 0.6) is 0 Å². The fourth-order valence-corrected chi connectivity index (χ4v) is 0.575. The maximum Gasteiger partial charge on any atom is 0.379 e. The van der Waals surface area contributed by atoms with E-state index in [0.717, 1.165) is 18.2 Å². The molecule has 0 aliphatic rings.